The third-order valence-corrected chi connectivity index (χ3v) is 3.38. The molecule has 1 aromatic rings. The number of methoxy groups -OCH3 is 1. The molecule has 0 aliphatic carbocycles. The standard InChI is InChI=1S/C16H26N2O2/c1-5-18(11-13(2)3)12-16(17,15(19)20-4)14-9-7-6-8-10-14/h6-10,13H,5,11-12,17H2,1-4H3. The summed E-state index contributed by atoms with van der Waals surface area (Å²) in [5.41, 5.74) is 6.07. The van der Waals surface area contributed by atoms with Crippen LogP contribution in [-0.4, -0.2) is 37.6 Å². The van der Waals surface area contributed by atoms with Gasteiger partial charge in [0.15, 0.2) is 5.54 Å². The Balaban J connectivity index is 3.03. The van der Waals surface area contributed by atoms with Gasteiger partial charge in [-0.3, -0.25) is 0 Å². The number of nitrogens with zero attached hydrogens (tertiary/aromatic N) is 1. The van der Waals surface area contributed by atoms with E-state index in [0.717, 1.165) is 18.7 Å². The van der Waals surface area contributed by atoms with Gasteiger partial charge in [-0.1, -0.05) is 51.1 Å². The van der Waals surface area contributed by atoms with Gasteiger partial charge in [0.2, 0.25) is 0 Å². The molecular formula is C16H26N2O2. The van der Waals surface area contributed by atoms with Gasteiger partial charge in [0, 0.05) is 13.1 Å². The molecule has 0 bridgehead atoms. The van der Waals surface area contributed by atoms with E-state index in [4.69, 9.17) is 10.5 Å². The molecule has 112 valence electrons. The van der Waals surface area contributed by atoms with E-state index in [9.17, 15) is 4.79 Å². The summed E-state index contributed by atoms with van der Waals surface area (Å²) in [6.45, 7) is 8.59. The Morgan fingerprint density at radius 2 is 1.95 bits per heavy atom. The number of hydrogen-bond donors (Lipinski definition) is 1. The maximum atomic E-state index is 12.2. The first-order valence-electron chi connectivity index (χ1n) is 7.09. The van der Waals surface area contributed by atoms with Crippen molar-refractivity contribution in [3.8, 4) is 0 Å². The summed E-state index contributed by atoms with van der Waals surface area (Å²) in [5.74, 6) is 0.124. The molecule has 20 heavy (non-hydrogen) atoms. The van der Waals surface area contributed by atoms with Crippen LogP contribution >= 0.6 is 0 Å². The van der Waals surface area contributed by atoms with Gasteiger partial charge in [-0.25, -0.2) is 4.79 Å². The van der Waals surface area contributed by atoms with E-state index in [2.05, 4.69) is 25.7 Å². The van der Waals surface area contributed by atoms with Gasteiger partial charge in [-0.15, -0.1) is 0 Å². The Bertz CT molecular complexity index is 420. The summed E-state index contributed by atoms with van der Waals surface area (Å²) in [7, 11) is 1.38. The number of hydrogen-bond acceptors (Lipinski definition) is 4. The monoisotopic (exact) mass is 278 g/mol. The predicted octanol–water partition coefficient (Wildman–Crippen LogP) is 1.99. The molecule has 0 spiro atoms. The van der Waals surface area contributed by atoms with E-state index in [0.29, 0.717) is 12.5 Å². The van der Waals surface area contributed by atoms with Crippen LogP contribution in [-0.2, 0) is 15.1 Å². The van der Waals surface area contributed by atoms with Crippen molar-refractivity contribution in [1.82, 2.24) is 4.90 Å². The first-order valence-corrected chi connectivity index (χ1v) is 7.09. The molecule has 0 aliphatic rings. The topological polar surface area (TPSA) is 55.6 Å². The average Bonchev–Trinajstić information content (AvgIpc) is 2.45. The summed E-state index contributed by atoms with van der Waals surface area (Å²) in [6.07, 6.45) is 0. The molecule has 1 rings (SSSR count). The van der Waals surface area contributed by atoms with Crippen LogP contribution in [0.5, 0.6) is 0 Å². The molecule has 4 nitrogen and oxygen atoms in total. The van der Waals surface area contributed by atoms with E-state index in [1.54, 1.807) is 0 Å². The molecule has 0 saturated carbocycles. The second-order valence-electron chi connectivity index (χ2n) is 5.55. The number of rotatable bonds is 7. The minimum Gasteiger partial charge on any atom is -0.467 e. The number of benzene rings is 1. The molecule has 0 aliphatic heterocycles. The van der Waals surface area contributed by atoms with Gasteiger partial charge in [0.25, 0.3) is 0 Å². The largest absolute Gasteiger partial charge is 0.467 e. The van der Waals surface area contributed by atoms with Crippen molar-refractivity contribution in [3.63, 3.8) is 0 Å². The zero-order valence-corrected chi connectivity index (χ0v) is 12.9. The Labute approximate surface area is 121 Å². The van der Waals surface area contributed by atoms with E-state index in [1.165, 1.54) is 7.11 Å². The maximum absolute atomic E-state index is 12.2. The second kappa shape index (κ2) is 7.41. The van der Waals surface area contributed by atoms with Crippen molar-refractivity contribution in [2.45, 2.75) is 26.3 Å². The van der Waals surface area contributed by atoms with E-state index < -0.39 is 11.5 Å². The lowest BCUT2D eigenvalue weighted by molar-refractivity contribution is -0.148. The van der Waals surface area contributed by atoms with E-state index >= 15 is 0 Å². The molecule has 0 amide bonds. The Morgan fingerprint density at radius 3 is 2.40 bits per heavy atom. The third kappa shape index (κ3) is 4.05. The van der Waals surface area contributed by atoms with Crippen molar-refractivity contribution >= 4 is 5.97 Å². The zero-order valence-electron chi connectivity index (χ0n) is 12.9. The number of nitrogens with two attached hydrogens (primary N) is 1. The highest BCUT2D eigenvalue weighted by Gasteiger charge is 2.38. The molecule has 1 aromatic carbocycles. The lowest BCUT2D eigenvalue weighted by atomic mass is 9.90. The number of esters is 1. The van der Waals surface area contributed by atoms with Gasteiger partial charge in [-0.2, -0.15) is 0 Å². The number of ether oxygens (including phenoxy) is 1. The summed E-state index contributed by atoms with van der Waals surface area (Å²) in [6, 6.07) is 9.43. The van der Waals surface area contributed by atoms with Crippen LogP contribution in [0.3, 0.4) is 0 Å². The molecule has 0 aromatic heterocycles. The quantitative estimate of drug-likeness (QED) is 0.775. The highest BCUT2D eigenvalue weighted by Crippen LogP contribution is 2.22. The van der Waals surface area contributed by atoms with Crippen molar-refractivity contribution in [2.75, 3.05) is 26.7 Å². The molecule has 1 atom stereocenters. The van der Waals surface area contributed by atoms with Crippen LogP contribution in [0.1, 0.15) is 26.3 Å². The molecule has 0 saturated heterocycles. The number of likely N-dealkylation sites (N-methyl/N-ethyl adjacent to an activating group) is 1. The van der Waals surface area contributed by atoms with Crippen molar-refractivity contribution in [2.24, 2.45) is 11.7 Å². The Kier molecular flexibility index (Phi) is 6.17. The van der Waals surface area contributed by atoms with Crippen molar-refractivity contribution < 1.29 is 9.53 Å². The molecule has 2 N–H and O–H groups in total. The van der Waals surface area contributed by atoms with Crippen LogP contribution < -0.4 is 5.73 Å². The highest BCUT2D eigenvalue weighted by atomic mass is 16.5. The van der Waals surface area contributed by atoms with Crippen LogP contribution in [0.2, 0.25) is 0 Å². The Hall–Kier alpha value is -1.39. The van der Waals surface area contributed by atoms with E-state index in [1.807, 2.05) is 30.3 Å². The fourth-order valence-corrected chi connectivity index (χ4v) is 2.37. The molecule has 0 fully saturated rings. The van der Waals surface area contributed by atoms with Crippen LogP contribution in [0.15, 0.2) is 30.3 Å². The normalized spacial score (nSPS) is 14.3. The van der Waals surface area contributed by atoms with Crippen LogP contribution in [0.25, 0.3) is 0 Å². The SMILES string of the molecule is CCN(CC(C)C)CC(N)(C(=O)OC)c1ccccc1. The molecule has 4 heteroatoms. The predicted molar refractivity (Wildman–Crippen MR) is 81.3 cm³/mol. The highest BCUT2D eigenvalue weighted by molar-refractivity contribution is 5.82. The van der Waals surface area contributed by atoms with Crippen LogP contribution in [0, 0.1) is 5.92 Å². The smallest absolute Gasteiger partial charge is 0.331 e. The molecular weight excluding hydrogens is 252 g/mol. The first kappa shape index (κ1) is 16.7. The fourth-order valence-electron chi connectivity index (χ4n) is 2.37. The number of carbonyl (C=O) groups is 1. The molecule has 1 unspecified atom stereocenters. The van der Waals surface area contributed by atoms with Crippen molar-refractivity contribution in [1.29, 1.82) is 0 Å². The zero-order chi connectivity index (χ0) is 15.2. The van der Waals surface area contributed by atoms with E-state index in [-0.39, 0.29) is 0 Å². The minimum atomic E-state index is -1.12. The Morgan fingerprint density at radius 1 is 1.35 bits per heavy atom. The summed E-state index contributed by atoms with van der Waals surface area (Å²) in [5, 5.41) is 0. The third-order valence-electron chi connectivity index (χ3n) is 3.38. The lowest BCUT2D eigenvalue weighted by Gasteiger charge is -2.33. The summed E-state index contributed by atoms with van der Waals surface area (Å²) < 4.78 is 4.93. The summed E-state index contributed by atoms with van der Waals surface area (Å²) >= 11 is 0. The second-order valence-corrected chi connectivity index (χ2v) is 5.55. The first-order chi connectivity index (χ1) is 9.43. The minimum absolute atomic E-state index is 0.397. The maximum Gasteiger partial charge on any atom is 0.331 e. The average molecular weight is 278 g/mol. The number of carbonyl (C=O) groups excluding carboxylic acids is 1. The van der Waals surface area contributed by atoms with Gasteiger partial charge in [-0.05, 0) is 18.0 Å². The van der Waals surface area contributed by atoms with Crippen molar-refractivity contribution in [3.05, 3.63) is 35.9 Å². The lowest BCUT2D eigenvalue weighted by Crippen LogP contribution is -2.54. The summed E-state index contributed by atoms with van der Waals surface area (Å²) in [4.78, 5) is 14.4. The van der Waals surface area contributed by atoms with Gasteiger partial charge in [0.05, 0.1) is 7.11 Å². The van der Waals surface area contributed by atoms with Crippen LogP contribution in [0.4, 0.5) is 0 Å². The fraction of sp³-hybridized carbons (Fsp3) is 0.562. The molecule has 0 heterocycles. The van der Waals surface area contributed by atoms with Gasteiger partial charge < -0.3 is 15.4 Å². The van der Waals surface area contributed by atoms with Gasteiger partial charge in [0.1, 0.15) is 0 Å². The van der Waals surface area contributed by atoms with Gasteiger partial charge >= 0.3 is 5.97 Å². The molecule has 0 radical (unpaired) electrons.